The lowest BCUT2D eigenvalue weighted by molar-refractivity contribution is -0.389. The minimum atomic E-state index is -0.700. The number of hydrogen-bond acceptors (Lipinski definition) is 6. The number of amides is 2. The SMILES string of the molecule is CCn1cc(NC(=O)c2cc([N+](=O)[O-])[nH]n2)c(C(=O)NC)n1. The van der Waals surface area contributed by atoms with Crippen LogP contribution in [0.5, 0.6) is 0 Å². The average Bonchev–Trinajstić information content (AvgIpc) is 3.13. The van der Waals surface area contributed by atoms with Gasteiger partial charge in [-0.3, -0.25) is 14.3 Å². The van der Waals surface area contributed by atoms with Gasteiger partial charge in [0.05, 0.1) is 11.8 Å². The van der Waals surface area contributed by atoms with Gasteiger partial charge in [0.2, 0.25) is 0 Å². The molecule has 0 radical (unpaired) electrons. The van der Waals surface area contributed by atoms with Crippen LogP contribution in [0.4, 0.5) is 11.5 Å². The summed E-state index contributed by atoms with van der Waals surface area (Å²) in [6.07, 6.45) is 1.49. The molecule has 0 spiro atoms. The summed E-state index contributed by atoms with van der Waals surface area (Å²) in [5, 5.41) is 25.1. The molecule has 0 fully saturated rings. The Morgan fingerprint density at radius 2 is 2.18 bits per heavy atom. The zero-order valence-corrected chi connectivity index (χ0v) is 11.8. The number of nitrogens with zero attached hydrogens (tertiary/aromatic N) is 4. The van der Waals surface area contributed by atoms with E-state index in [0.29, 0.717) is 6.54 Å². The average molecular weight is 307 g/mol. The van der Waals surface area contributed by atoms with E-state index in [4.69, 9.17) is 0 Å². The van der Waals surface area contributed by atoms with Crippen molar-refractivity contribution in [2.45, 2.75) is 13.5 Å². The predicted octanol–water partition coefficient (Wildman–Crippen LogP) is 0.146. The Morgan fingerprint density at radius 1 is 1.45 bits per heavy atom. The van der Waals surface area contributed by atoms with Crippen LogP contribution in [-0.2, 0) is 6.54 Å². The van der Waals surface area contributed by atoms with Crippen molar-refractivity contribution in [3.05, 3.63) is 33.8 Å². The van der Waals surface area contributed by atoms with Crippen LogP contribution >= 0.6 is 0 Å². The van der Waals surface area contributed by atoms with Crippen molar-refractivity contribution in [2.75, 3.05) is 12.4 Å². The molecule has 0 aliphatic carbocycles. The summed E-state index contributed by atoms with van der Waals surface area (Å²) in [4.78, 5) is 33.6. The number of rotatable bonds is 5. The fourth-order valence-corrected chi connectivity index (χ4v) is 1.67. The van der Waals surface area contributed by atoms with Gasteiger partial charge in [-0.2, -0.15) is 5.10 Å². The summed E-state index contributed by atoms with van der Waals surface area (Å²) >= 11 is 0. The van der Waals surface area contributed by atoms with Gasteiger partial charge in [0.25, 0.3) is 11.8 Å². The largest absolute Gasteiger partial charge is 0.358 e. The van der Waals surface area contributed by atoms with Gasteiger partial charge in [0, 0.05) is 19.8 Å². The number of carbonyl (C=O) groups excluding carboxylic acids is 2. The number of H-pyrrole nitrogens is 1. The number of nitrogens with one attached hydrogen (secondary N) is 3. The summed E-state index contributed by atoms with van der Waals surface area (Å²) in [6.45, 7) is 2.33. The Hall–Kier alpha value is -3.24. The maximum absolute atomic E-state index is 12.0. The van der Waals surface area contributed by atoms with Crippen LogP contribution in [0.1, 0.15) is 27.9 Å². The Bertz CT molecular complexity index is 733. The molecule has 0 saturated carbocycles. The fraction of sp³-hybridized carbons (Fsp3) is 0.273. The lowest BCUT2D eigenvalue weighted by Crippen LogP contribution is -2.21. The number of aryl methyl sites for hydroxylation is 1. The normalized spacial score (nSPS) is 10.3. The van der Waals surface area contributed by atoms with Crippen molar-refractivity contribution in [1.82, 2.24) is 25.3 Å². The van der Waals surface area contributed by atoms with Crippen LogP contribution in [0, 0.1) is 10.1 Å². The number of aromatic nitrogens is 4. The number of aromatic amines is 1. The van der Waals surface area contributed by atoms with Crippen LogP contribution in [-0.4, -0.2) is 43.8 Å². The molecule has 2 aromatic heterocycles. The van der Waals surface area contributed by atoms with Crippen LogP contribution in [0.2, 0.25) is 0 Å². The molecule has 11 heteroatoms. The maximum Gasteiger partial charge on any atom is 0.343 e. The van der Waals surface area contributed by atoms with Gasteiger partial charge in [0.1, 0.15) is 0 Å². The van der Waals surface area contributed by atoms with E-state index in [2.05, 4.69) is 25.9 Å². The van der Waals surface area contributed by atoms with Crippen molar-refractivity contribution >= 4 is 23.3 Å². The predicted molar refractivity (Wildman–Crippen MR) is 74.5 cm³/mol. The number of anilines is 1. The monoisotopic (exact) mass is 307 g/mol. The molecule has 0 atom stereocenters. The van der Waals surface area contributed by atoms with E-state index in [0.717, 1.165) is 6.07 Å². The third-order valence-electron chi connectivity index (χ3n) is 2.77. The molecule has 22 heavy (non-hydrogen) atoms. The van der Waals surface area contributed by atoms with E-state index >= 15 is 0 Å². The number of carbonyl (C=O) groups is 2. The highest BCUT2D eigenvalue weighted by Crippen LogP contribution is 2.16. The van der Waals surface area contributed by atoms with E-state index in [1.807, 2.05) is 6.92 Å². The molecule has 0 bridgehead atoms. The molecular weight excluding hydrogens is 294 g/mol. The maximum atomic E-state index is 12.0. The highest BCUT2D eigenvalue weighted by molar-refractivity contribution is 6.07. The third kappa shape index (κ3) is 2.92. The molecule has 2 amide bonds. The minimum Gasteiger partial charge on any atom is -0.358 e. The molecule has 11 nitrogen and oxygen atoms in total. The van der Waals surface area contributed by atoms with E-state index < -0.39 is 22.6 Å². The van der Waals surface area contributed by atoms with Gasteiger partial charge in [-0.15, -0.1) is 5.10 Å². The Labute approximate surface area is 123 Å². The summed E-state index contributed by atoms with van der Waals surface area (Å²) in [5.74, 6) is -1.55. The second kappa shape index (κ2) is 6.03. The van der Waals surface area contributed by atoms with Crippen LogP contribution in [0.3, 0.4) is 0 Å². The molecule has 2 heterocycles. The van der Waals surface area contributed by atoms with Crippen LogP contribution in [0.25, 0.3) is 0 Å². The molecular formula is C11H13N7O4. The summed E-state index contributed by atoms with van der Waals surface area (Å²) in [5.41, 5.74) is 0.0680. The van der Waals surface area contributed by atoms with Gasteiger partial charge >= 0.3 is 5.82 Å². The second-order valence-corrected chi connectivity index (χ2v) is 4.18. The first kappa shape index (κ1) is 15.2. The zero-order chi connectivity index (χ0) is 16.3. The number of nitro groups is 1. The molecule has 2 aromatic rings. The van der Waals surface area contributed by atoms with E-state index in [-0.39, 0.29) is 17.1 Å². The second-order valence-electron chi connectivity index (χ2n) is 4.18. The van der Waals surface area contributed by atoms with E-state index in [1.165, 1.54) is 17.9 Å². The molecule has 0 aliphatic rings. The summed E-state index contributed by atoms with van der Waals surface area (Å²) in [6, 6.07) is 0.999. The molecule has 3 N–H and O–H groups in total. The van der Waals surface area contributed by atoms with Crippen molar-refractivity contribution in [3.63, 3.8) is 0 Å². The lowest BCUT2D eigenvalue weighted by Gasteiger charge is -2.01. The van der Waals surface area contributed by atoms with E-state index in [1.54, 1.807) is 0 Å². The van der Waals surface area contributed by atoms with Crippen molar-refractivity contribution < 1.29 is 14.5 Å². The molecule has 0 unspecified atom stereocenters. The van der Waals surface area contributed by atoms with Gasteiger partial charge in [-0.05, 0) is 11.8 Å². The topological polar surface area (TPSA) is 148 Å². The first-order valence-corrected chi connectivity index (χ1v) is 6.27. The molecule has 0 aliphatic heterocycles. The van der Waals surface area contributed by atoms with Gasteiger partial charge in [0.15, 0.2) is 11.4 Å². The van der Waals surface area contributed by atoms with Gasteiger partial charge < -0.3 is 20.7 Å². The van der Waals surface area contributed by atoms with Crippen LogP contribution in [0.15, 0.2) is 12.3 Å². The third-order valence-corrected chi connectivity index (χ3v) is 2.77. The Kier molecular flexibility index (Phi) is 4.15. The van der Waals surface area contributed by atoms with Crippen LogP contribution < -0.4 is 10.6 Å². The molecule has 0 aromatic carbocycles. The molecule has 2 rings (SSSR count). The van der Waals surface area contributed by atoms with Crippen molar-refractivity contribution in [1.29, 1.82) is 0 Å². The van der Waals surface area contributed by atoms with Crippen molar-refractivity contribution in [3.8, 4) is 0 Å². The fourth-order valence-electron chi connectivity index (χ4n) is 1.67. The standard InChI is InChI=1S/C11H13N7O4/c1-3-17-5-7(9(16-17)11(20)12-2)13-10(19)6-4-8(15-14-6)18(21)22/h4-5H,3H2,1-2H3,(H,12,20)(H,13,19)(H,14,15). The Balaban J connectivity index is 2.25. The van der Waals surface area contributed by atoms with E-state index in [9.17, 15) is 19.7 Å². The minimum absolute atomic E-state index is 0.0442. The van der Waals surface area contributed by atoms with Gasteiger partial charge in [-0.1, -0.05) is 5.10 Å². The highest BCUT2D eigenvalue weighted by atomic mass is 16.6. The summed E-state index contributed by atoms with van der Waals surface area (Å²) < 4.78 is 1.48. The quantitative estimate of drug-likeness (QED) is 0.528. The summed E-state index contributed by atoms with van der Waals surface area (Å²) in [7, 11) is 1.44. The van der Waals surface area contributed by atoms with Gasteiger partial charge in [-0.25, -0.2) is 0 Å². The van der Waals surface area contributed by atoms with Crippen molar-refractivity contribution in [2.24, 2.45) is 0 Å². The zero-order valence-electron chi connectivity index (χ0n) is 11.8. The first-order valence-electron chi connectivity index (χ1n) is 6.27. The molecule has 0 saturated heterocycles. The number of hydrogen-bond donors (Lipinski definition) is 3. The first-order chi connectivity index (χ1) is 10.5. The smallest absolute Gasteiger partial charge is 0.343 e. The lowest BCUT2D eigenvalue weighted by atomic mass is 10.3. The highest BCUT2D eigenvalue weighted by Gasteiger charge is 2.21. The molecule has 116 valence electrons. The Morgan fingerprint density at radius 3 is 2.73 bits per heavy atom.